The fourth-order valence-corrected chi connectivity index (χ4v) is 2.30. The van der Waals surface area contributed by atoms with Gasteiger partial charge in [0.05, 0.1) is 5.69 Å². The zero-order valence-corrected chi connectivity index (χ0v) is 8.61. The van der Waals surface area contributed by atoms with E-state index in [1.165, 1.54) is 24.1 Å². The molecular formula is C8H12BrN3. The van der Waals surface area contributed by atoms with Gasteiger partial charge in [0, 0.05) is 11.6 Å². The van der Waals surface area contributed by atoms with Gasteiger partial charge in [-0.2, -0.15) is 5.10 Å². The van der Waals surface area contributed by atoms with Crippen molar-refractivity contribution in [2.24, 2.45) is 0 Å². The van der Waals surface area contributed by atoms with Crippen molar-refractivity contribution in [1.82, 2.24) is 15.5 Å². The van der Waals surface area contributed by atoms with E-state index < -0.39 is 0 Å². The van der Waals surface area contributed by atoms with Crippen molar-refractivity contribution in [2.75, 3.05) is 7.05 Å². The number of halogens is 1. The van der Waals surface area contributed by atoms with Crippen LogP contribution < -0.4 is 5.32 Å². The van der Waals surface area contributed by atoms with Crippen molar-refractivity contribution in [3.05, 3.63) is 15.9 Å². The van der Waals surface area contributed by atoms with Crippen LogP contribution in [-0.4, -0.2) is 17.2 Å². The number of hydrogen-bond acceptors (Lipinski definition) is 2. The summed E-state index contributed by atoms with van der Waals surface area (Å²) >= 11 is 3.44. The molecule has 0 saturated carbocycles. The Labute approximate surface area is 80.1 Å². The molecule has 1 heterocycles. The van der Waals surface area contributed by atoms with Gasteiger partial charge in [-0.25, -0.2) is 0 Å². The zero-order chi connectivity index (χ0) is 8.55. The van der Waals surface area contributed by atoms with Gasteiger partial charge in [0.15, 0.2) is 0 Å². The van der Waals surface area contributed by atoms with E-state index in [0.717, 1.165) is 11.0 Å². The first kappa shape index (κ1) is 8.26. The van der Waals surface area contributed by atoms with Crippen molar-refractivity contribution in [2.45, 2.75) is 25.3 Å². The first-order valence-electron chi connectivity index (χ1n) is 4.23. The summed E-state index contributed by atoms with van der Waals surface area (Å²) in [6.45, 7) is 0. The van der Waals surface area contributed by atoms with Crippen LogP contribution in [0.1, 0.15) is 30.1 Å². The van der Waals surface area contributed by atoms with Gasteiger partial charge >= 0.3 is 0 Å². The minimum absolute atomic E-state index is 0.465. The Hall–Kier alpha value is -0.350. The van der Waals surface area contributed by atoms with Crippen LogP contribution in [0.5, 0.6) is 0 Å². The SMILES string of the molecule is CNC1CCCc2c(Br)n[nH]c21. The van der Waals surface area contributed by atoms with Crippen molar-refractivity contribution in [3.8, 4) is 0 Å². The molecule has 0 bridgehead atoms. The molecule has 1 aliphatic carbocycles. The number of aromatic amines is 1. The Morgan fingerprint density at radius 1 is 1.67 bits per heavy atom. The molecule has 2 rings (SSSR count). The monoisotopic (exact) mass is 229 g/mol. The Kier molecular flexibility index (Phi) is 2.19. The van der Waals surface area contributed by atoms with E-state index in [1.807, 2.05) is 7.05 Å². The molecular weight excluding hydrogens is 218 g/mol. The molecule has 1 aromatic heterocycles. The quantitative estimate of drug-likeness (QED) is 0.771. The van der Waals surface area contributed by atoms with Crippen LogP contribution in [0.2, 0.25) is 0 Å². The highest BCUT2D eigenvalue weighted by Crippen LogP contribution is 2.31. The Bertz CT molecular complexity index is 282. The van der Waals surface area contributed by atoms with Gasteiger partial charge < -0.3 is 5.32 Å². The lowest BCUT2D eigenvalue weighted by molar-refractivity contribution is 0.485. The summed E-state index contributed by atoms with van der Waals surface area (Å²) in [5, 5.41) is 10.5. The lowest BCUT2D eigenvalue weighted by Gasteiger charge is -2.20. The second-order valence-electron chi connectivity index (χ2n) is 3.14. The van der Waals surface area contributed by atoms with Crippen LogP contribution in [0.3, 0.4) is 0 Å². The molecule has 1 unspecified atom stereocenters. The van der Waals surface area contributed by atoms with Gasteiger partial charge in [-0.15, -0.1) is 0 Å². The second-order valence-corrected chi connectivity index (χ2v) is 3.89. The van der Waals surface area contributed by atoms with Gasteiger partial charge in [0.25, 0.3) is 0 Å². The lowest BCUT2D eigenvalue weighted by Crippen LogP contribution is -2.21. The molecule has 1 aliphatic rings. The van der Waals surface area contributed by atoms with E-state index in [1.54, 1.807) is 0 Å². The van der Waals surface area contributed by atoms with Gasteiger partial charge in [0.2, 0.25) is 0 Å². The Balaban J connectivity index is 2.38. The second kappa shape index (κ2) is 3.18. The number of aromatic nitrogens is 2. The number of hydrogen-bond donors (Lipinski definition) is 2. The first-order valence-corrected chi connectivity index (χ1v) is 5.02. The summed E-state index contributed by atoms with van der Waals surface area (Å²) in [4.78, 5) is 0. The smallest absolute Gasteiger partial charge is 0.131 e. The molecule has 0 amide bonds. The standard InChI is InChI=1S/C8H12BrN3/c1-10-6-4-2-3-5-7(6)11-12-8(5)9/h6,10H,2-4H2,1H3,(H,11,12). The maximum absolute atomic E-state index is 4.15. The molecule has 1 atom stereocenters. The summed E-state index contributed by atoms with van der Waals surface area (Å²) in [7, 11) is 1.99. The lowest BCUT2D eigenvalue weighted by atomic mass is 9.94. The fourth-order valence-electron chi connectivity index (χ4n) is 1.80. The van der Waals surface area contributed by atoms with Crippen molar-refractivity contribution >= 4 is 15.9 Å². The van der Waals surface area contributed by atoms with Crippen LogP contribution in [0.25, 0.3) is 0 Å². The maximum atomic E-state index is 4.15. The molecule has 0 spiro atoms. The van der Waals surface area contributed by atoms with E-state index >= 15 is 0 Å². The molecule has 0 fully saturated rings. The fraction of sp³-hybridized carbons (Fsp3) is 0.625. The minimum atomic E-state index is 0.465. The summed E-state index contributed by atoms with van der Waals surface area (Å²) in [5.41, 5.74) is 2.61. The number of nitrogens with one attached hydrogen (secondary N) is 2. The molecule has 0 saturated heterocycles. The van der Waals surface area contributed by atoms with Crippen LogP contribution in [0, 0.1) is 0 Å². The minimum Gasteiger partial charge on any atom is -0.312 e. The molecule has 1 aromatic rings. The molecule has 3 nitrogen and oxygen atoms in total. The highest BCUT2D eigenvalue weighted by Gasteiger charge is 2.22. The van der Waals surface area contributed by atoms with E-state index in [4.69, 9.17) is 0 Å². The topological polar surface area (TPSA) is 40.7 Å². The van der Waals surface area contributed by atoms with Gasteiger partial charge in [-0.1, -0.05) is 0 Å². The van der Waals surface area contributed by atoms with E-state index in [2.05, 4.69) is 31.4 Å². The van der Waals surface area contributed by atoms with Crippen molar-refractivity contribution < 1.29 is 0 Å². The van der Waals surface area contributed by atoms with Gasteiger partial charge in [-0.3, -0.25) is 5.10 Å². The predicted octanol–water partition coefficient (Wildman–Crippen LogP) is 1.77. The van der Waals surface area contributed by atoms with Crippen LogP contribution in [0.15, 0.2) is 4.60 Å². The third-order valence-electron chi connectivity index (χ3n) is 2.47. The molecule has 12 heavy (non-hydrogen) atoms. The molecule has 2 N–H and O–H groups in total. The van der Waals surface area contributed by atoms with E-state index in [0.29, 0.717) is 6.04 Å². The predicted molar refractivity (Wildman–Crippen MR) is 51.0 cm³/mol. The molecule has 0 radical (unpaired) electrons. The third kappa shape index (κ3) is 1.19. The van der Waals surface area contributed by atoms with E-state index in [9.17, 15) is 0 Å². The average Bonchev–Trinajstić information content (AvgIpc) is 2.48. The molecule has 4 heteroatoms. The first-order chi connectivity index (χ1) is 5.83. The highest BCUT2D eigenvalue weighted by atomic mass is 79.9. The zero-order valence-electron chi connectivity index (χ0n) is 7.02. The van der Waals surface area contributed by atoms with Gasteiger partial charge in [-0.05, 0) is 42.2 Å². The third-order valence-corrected chi connectivity index (χ3v) is 3.12. The molecule has 0 aliphatic heterocycles. The summed E-state index contributed by atoms with van der Waals surface area (Å²) in [6.07, 6.45) is 3.60. The number of rotatable bonds is 1. The molecule has 0 aromatic carbocycles. The summed E-state index contributed by atoms with van der Waals surface area (Å²) in [5.74, 6) is 0. The largest absolute Gasteiger partial charge is 0.312 e. The number of H-pyrrole nitrogens is 1. The van der Waals surface area contributed by atoms with Gasteiger partial charge in [0.1, 0.15) is 4.60 Å². The van der Waals surface area contributed by atoms with Crippen molar-refractivity contribution in [1.29, 1.82) is 0 Å². The van der Waals surface area contributed by atoms with Crippen molar-refractivity contribution in [3.63, 3.8) is 0 Å². The number of nitrogens with zero attached hydrogens (tertiary/aromatic N) is 1. The highest BCUT2D eigenvalue weighted by molar-refractivity contribution is 9.10. The average molecular weight is 230 g/mol. The molecule has 66 valence electrons. The summed E-state index contributed by atoms with van der Waals surface area (Å²) in [6, 6.07) is 0.465. The summed E-state index contributed by atoms with van der Waals surface area (Å²) < 4.78 is 0.984. The number of fused-ring (bicyclic) bond motifs is 1. The maximum Gasteiger partial charge on any atom is 0.131 e. The van der Waals surface area contributed by atoms with Crippen LogP contribution in [0.4, 0.5) is 0 Å². The van der Waals surface area contributed by atoms with Crippen LogP contribution >= 0.6 is 15.9 Å². The Morgan fingerprint density at radius 2 is 2.50 bits per heavy atom. The Morgan fingerprint density at radius 3 is 3.25 bits per heavy atom. The normalized spacial score (nSPS) is 22.3. The van der Waals surface area contributed by atoms with E-state index in [-0.39, 0.29) is 0 Å². The van der Waals surface area contributed by atoms with Crippen LogP contribution in [-0.2, 0) is 6.42 Å².